The molecule has 3 aromatic carbocycles. The maximum absolute atomic E-state index is 13.4. The van der Waals surface area contributed by atoms with Crippen molar-refractivity contribution in [3.8, 4) is 16.8 Å². The highest BCUT2D eigenvalue weighted by molar-refractivity contribution is 9.10. The number of aromatic nitrogens is 1. The van der Waals surface area contributed by atoms with Gasteiger partial charge in [-0.05, 0) is 85.5 Å². The molecule has 1 aromatic heterocycles. The lowest BCUT2D eigenvalue weighted by atomic mass is 10.1. The van der Waals surface area contributed by atoms with Gasteiger partial charge >= 0.3 is 6.03 Å². The Kier molecular flexibility index (Phi) is 6.39. The van der Waals surface area contributed by atoms with Crippen LogP contribution in [-0.2, 0) is 9.59 Å². The van der Waals surface area contributed by atoms with E-state index in [1.165, 1.54) is 0 Å². The molecule has 4 aromatic rings. The van der Waals surface area contributed by atoms with Gasteiger partial charge in [-0.3, -0.25) is 14.9 Å². The minimum atomic E-state index is -0.766. The molecule has 0 unspecified atom stereocenters. The number of imide groups is 2. The molecule has 1 fully saturated rings. The van der Waals surface area contributed by atoms with E-state index in [1.54, 1.807) is 24.3 Å². The second kappa shape index (κ2) is 9.67. The van der Waals surface area contributed by atoms with Crippen LogP contribution in [0.25, 0.3) is 22.9 Å². The number of anilines is 1. The molecule has 37 heavy (non-hydrogen) atoms. The van der Waals surface area contributed by atoms with Crippen LogP contribution in [0, 0.1) is 20.8 Å². The Labute approximate surface area is 223 Å². The number of barbiturate groups is 1. The van der Waals surface area contributed by atoms with E-state index in [0.29, 0.717) is 5.69 Å². The number of carbonyl (C=O) groups is 3. The normalized spacial score (nSPS) is 14.9. The van der Waals surface area contributed by atoms with Gasteiger partial charge in [-0.15, -0.1) is 0 Å². The third-order valence-corrected chi connectivity index (χ3v) is 7.39. The first-order valence-electron chi connectivity index (χ1n) is 11.8. The second-order valence-electron chi connectivity index (χ2n) is 8.97. The van der Waals surface area contributed by atoms with E-state index in [2.05, 4.69) is 50.1 Å². The molecular formula is C30H24BrN3O3. The summed E-state index contributed by atoms with van der Waals surface area (Å²) in [6.45, 7) is 5.78. The van der Waals surface area contributed by atoms with Crippen LogP contribution in [0.2, 0.25) is 0 Å². The van der Waals surface area contributed by atoms with Crippen molar-refractivity contribution < 1.29 is 14.4 Å². The van der Waals surface area contributed by atoms with Crippen LogP contribution in [0.4, 0.5) is 10.5 Å². The maximum Gasteiger partial charge on any atom is 0.335 e. The fraction of sp³-hybridized carbons (Fsp3) is 0.100. The number of nitrogens with one attached hydrogen (secondary N) is 1. The van der Waals surface area contributed by atoms with Crippen LogP contribution >= 0.6 is 15.9 Å². The Balaban J connectivity index is 1.50. The van der Waals surface area contributed by atoms with Gasteiger partial charge in [-0.25, -0.2) is 9.69 Å². The van der Waals surface area contributed by atoms with Crippen molar-refractivity contribution in [2.75, 3.05) is 4.90 Å². The van der Waals surface area contributed by atoms with Crippen LogP contribution in [0.1, 0.15) is 22.5 Å². The fourth-order valence-corrected chi connectivity index (χ4v) is 4.83. The SMILES string of the molecule is Cc1cc(N2C(=O)NC(=O)/C(=C/c3cc(C)n(-c4ccc(-c5ccccc5)cc4)c3C)C2=O)ccc1Br. The summed E-state index contributed by atoms with van der Waals surface area (Å²) in [7, 11) is 0. The zero-order valence-corrected chi connectivity index (χ0v) is 22.2. The number of amides is 4. The predicted molar refractivity (Wildman–Crippen MR) is 149 cm³/mol. The lowest BCUT2D eigenvalue weighted by Crippen LogP contribution is -2.54. The first-order chi connectivity index (χ1) is 17.7. The third kappa shape index (κ3) is 4.54. The predicted octanol–water partition coefficient (Wildman–Crippen LogP) is 6.50. The van der Waals surface area contributed by atoms with Crippen molar-refractivity contribution in [3.63, 3.8) is 0 Å². The molecule has 6 nitrogen and oxygen atoms in total. The van der Waals surface area contributed by atoms with Crippen molar-refractivity contribution >= 4 is 45.5 Å². The molecule has 0 atom stereocenters. The average molecular weight is 554 g/mol. The molecule has 0 spiro atoms. The molecule has 0 aliphatic carbocycles. The molecule has 1 aliphatic rings. The van der Waals surface area contributed by atoms with Crippen LogP contribution in [-0.4, -0.2) is 22.4 Å². The van der Waals surface area contributed by atoms with Crippen molar-refractivity contribution in [3.05, 3.63) is 111 Å². The van der Waals surface area contributed by atoms with E-state index in [4.69, 9.17) is 0 Å². The third-order valence-electron chi connectivity index (χ3n) is 6.50. The first-order valence-corrected chi connectivity index (χ1v) is 12.6. The highest BCUT2D eigenvalue weighted by Crippen LogP contribution is 2.29. The molecule has 5 rings (SSSR count). The molecule has 184 valence electrons. The smallest absolute Gasteiger partial charge is 0.318 e. The van der Waals surface area contributed by atoms with Gasteiger partial charge in [0.2, 0.25) is 0 Å². The Hall–Kier alpha value is -4.23. The molecule has 1 aliphatic heterocycles. The molecule has 0 bridgehead atoms. The topological polar surface area (TPSA) is 71.4 Å². The summed E-state index contributed by atoms with van der Waals surface area (Å²) in [4.78, 5) is 39.6. The molecule has 4 amide bonds. The van der Waals surface area contributed by atoms with E-state index < -0.39 is 17.8 Å². The number of carbonyl (C=O) groups excluding carboxylic acids is 3. The average Bonchev–Trinajstić information content (AvgIpc) is 3.17. The van der Waals surface area contributed by atoms with E-state index in [9.17, 15) is 14.4 Å². The summed E-state index contributed by atoms with van der Waals surface area (Å²) in [6, 6.07) is 24.7. The van der Waals surface area contributed by atoms with Gasteiger partial charge in [-0.1, -0.05) is 58.4 Å². The number of urea groups is 1. The van der Waals surface area contributed by atoms with Gasteiger partial charge in [0.25, 0.3) is 11.8 Å². The number of nitrogens with zero attached hydrogens (tertiary/aromatic N) is 2. The highest BCUT2D eigenvalue weighted by atomic mass is 79.9. The number of rotatable bonds is 4. The van der Waals surface area contributed by atoms with Gasteiger partial charge in [0.1, 0.15) is 5.57 Å². The molecule has 0 radical (unpaired) electrons. The molecule has 7 heteroatoms. The minimum Gasteiger partial charge on any atom is -0.318 e. The molecule has 1 saturated heterocycles. The molecule has 1 N–H and O–H groups in total. The summed E-state index contributed by atoms with van der Waals surface area (Å²) < 4.78 is 2.94. The first kappa shape index (κ1) is 24.5. The zero-order valence-electron chi connectivity index (χ0n) is 20.6. The van der Waals surface area contributed by atoms with Crippen LogP contribution < -0.4 is 10.2 Å². The summed E-state index contributed by atoms with van der Waals surface area (Å²) in [5, 5.41) is 2.30. The van der Waals surface area contributed by atoms with Gasteiger partial charge in [0.05, 0.1) is 5.69 Å². The van der Waals surface area contributed by atoms with Gasteiger partial charge in [0.15, 0.2) is 0 Å². The summed E-state index contributed by atoms with van der Waals surface area (Å²) >= 11 is 3.43. The Morgan fingerprint density at radius 3 is 2.11 bits per heavy atom. The van der Waals surface area contributed by atoms with E-state index >= 15 is 0 Å². The molecule has 0 saturated carbocycles. The van der Waals surface area contributed by atoms with Crippen molar-refractivity contribution in [2.45, 2.75) is 20.8 Å². The van der Waals surface area contributed by atoms with Gasteiger partial charge in [0, 0.05) is 21.5 Å². The van der Waals surface area contributed by atoms with E-state index in [0.717, 1.165) is 48.7 Å². The molecule has 2 heterocycles. The van der Waals surface area contributed by atoms with Crippen molar-refractivity contribution in [2.24, 2.45) is 0 Å². The maximum atomic E-state index is 13.4. The van der Waals surface area contributed by atoms with Gasteiger partial charge < -0.3 is 4.57 Å². The van der Waals surface area contributed by atoms with Crippen molar-refractivity contribution in [1.82, 2.24) is 9.88 Å². The standard InChI is InChI=1S/C30H24BrN3O3/c1-18-15-25(13-14-27(18)31)34-29(36)26(28(35)32-30(34)37)17-23-16-19(2)33(20(23)3)24-11-9-22(10-12-24)21-7-5-4-6-8-21/h4-17H,1-3H3,(H,32,35,37)/b26-17-. The zero-order chi connectivity index (χ0) is 26.3. The fourth-order valence-electron chi connectivity index (χ4n) is 4.58. The van der Waals surface area contributed by atoms with E-state index in [1.807, 2.05) is 57.2 Å². The minimum absolute atomic E-state index is 0.0974. The van der Waals surface area contributed by atoms with E-state index in [-0.39, 0.29) is 5.57 Å². The number of aryl methyl sites for hydroxylation is 2. The number of benzene rings is 3. The summed E-state index contributed by atoms with van der Waals surface area (Å²) in [6.07, 6.45) is 1.56. The van der Waals surface area contributed by atoms with Crippen LogP contribution in [0.15, 0.2) is 88.9 Å². The monoisotopic (exact) mass is 553 g/mol. The summed E-state index contributed by atoms with van der Waals surface area (Å²) in [5.74, 6) is -1.37. The largest absolute Gasteiger partial charge is 0.335 e. The second-order valence-corrected chi connectivity index (χ2v) is 9.82. The number of hydrogen-bond acceptors (Lipinski definition) is 3. The number of hydrogen-bond donors (Lipinski definition) is 1. The Morgan fingerprint density at radius 1 is 0.784 bits per heavy atom. The number of halogens is 1. The van der Waals surface area contributed by atoms with Crippen molar-refractivity contribution in [1.29, 1.82) is 0 Å². The molecular weight excluding hydrogens is 530 g/mol. The van der Waals surface area contributed by atoms with Gasteiger partial charge in [-0.2, -0.15) is 0 Å². The summed E-state index contributed by atoms with van der Waals surface area (Å²) in [5.41, 5.74) is 6.95. The van der Waals surface area contributed by atoms with Crippen LogP contribution in [0.5, 0.6) is 0 Å². The Bertz CT molecular complexity index is 1580. The highest BCUT2D eigenvalue weighted by Gasteiger charge is 2.37. The van der Waals surface area contributed by atoms with Crippen LogP contribution in [0.3, 0.4) is 0 Å². The quantitative estimate of drug-likeness (QED) is 0.231. The lowest BCUT2D eigenvalue weighted by Gasteiger charge is -2.26. The lowest BCUT2D eigenvalue weighted by molar-refractivity contribution is -0.122. The Morgan fingerprint density at radius 2 is 1.43 bits per heavy atom.